The first-order valence-corrected chi connectivity index (χ1v) is 7.81. The van der Waals surface area contributed by atoms with Crippen LogP contribution in [-0.2, 0) is 4.79 Å². The first-order chi connectivity index (χ1) is 9.65. The van der Waals surface area contributed by atoms with Crippen LogP contribution in [0.25, 0.3) is 0 Å². The number of benzene rings is 1. The number of nitrogens with one attached hydrogen (secondary N) is 2. The third-order valence-electron chi connectivity index (χ3n) is 3.08. The van der Waals surface area contributed by atoms with Gasteiger partial charge in [0, 0.05) is 23.4 Å². The fourth-order valence-corrected chi connectivity index (χ4v) is 2.55. The predicted molar refractivity (Wildman–Crippen MR) is 88.2 cm³/mol. The normalized spacial score (nSPS) is 14.0. The first kappa shape index (κ1) is 17.9. The Kier molecular flexibility index (Phi) is 7.14. The molecular formula is C14H21ClN2O3S. The fourth-order valence-electron chi connectivity index (χ4n) is 1.99. The van der Waals surface area contributed by atoms with Gasteiger partial charge in [-0.25, -0.2) is 0 Å². The van der Waals surface area contributed by atoms with Gasteiger partial charge in [0.2, 0.25) is 5.91 Å². The highest BCUT2D eigenvalue weighted by Crippen LogP contribution is 2.39. The van der Waals surface area contributed by atoms with Gasteiger partial charge in [-0.15, -0.1) is 24.2 Å². The van der Waals surface area contributed by atoms with Gasteiger partial charge in [-0.3, -0.25) is 4.79 Å². The summed E-state index contributed by atoms with van der Waals surface area (Å²) in [5.74, 6) is 1.32. The summed E-state index contributed by atoms with van der Waals surface area (Å²) in [6.07, 6.45) is 1.97. The number of amides is 1. The summed E-state index contributed by atoms with van der Waals surface area (Å²) in [6.45, 7) is 3.63. The van der Waals surface area contributed by atoms with Crippen LogP contribution < -0.4 is 20.1 Å². The summed E-state index contributed by atoms with van der Waals surface area (Å²) in [4.78, 5) is 13.1. The molecule has 0 fully saturated rings. The van der Waals surface area contributed by atoms with Crippen LogP contribution in [0.15, 0.2) is 17.0 Å². The summed E-state index contributed by atoms with van der Waals surface area (Å²) in [6, 6.07) is 3.75. The molecule has 118 valence electrons. The van der Waals surface area contributed by atoms with Crippen molar-refractivity contribution >= 4 is 35.8 Å². The minimum absolute atomic E-state index is 0. The van der Waals surface area contributed by atoms with Crippen molar-refractivity contribution < 1.29 is 14.3 Å². The monoisotopic (exact) mass is 332 g/mol. The van der Waals surface area contributed by atoms with Gasteiger partial charge in [0.1, 0.15) is 13.2 Å². The van der Waals surface area contributed by atoms with E-state index in [1.165, 1.54) is 0 Å². The van der Waals surface area contributed by atoms with E-state index >= 15 is 0 Å². The number of carbonyl (C=O) groups excluding carboxylic acids is 1. The Bertz CT molecular complexity index is 499. The second kappa shape index (κ2) is 8.36. The zero-order chi connectivity index (χ0) is 14.5. The molecule has 1 heterocycles. The number of halogens is 1. The van der Waals surface area contributed by atoms with Crippen LogP contribution in [0.3, 0.4) is 0 Å². The molecule has 1 amide bonds. The standard InChI is InChI=1S/C14H20N2O3S.ClH/c1-9(8-15-2)14(17)16-10-6-11-12(7-13(10)20-3)19-5-4-18-11;/h6-7,9,15H,4-5,8H2,1-3H3,(H,16,17);1H. The van der Waals surface area contributed by atoms with Crippen LogP contribution in [0.1, 0.15) is 6.92 Å². The summed E-state index contributed by atoms with van der Waals surface area (Å²) in [5, 5.41) is 5.96. The van der Waals surface area contributed by atoms with E-state index in [9.17, 15) is 4.79 Å². The van der Waals surface area contributed by atoms with Crippen molar-refractivity contribution in [2.24, 2.45) is 5.92 Å². The van der Waals surface area contributed by atoms with Gasteiger partial charge in [-0.1, -0.05) is 6.92 Å². The van der Waals surface area contributed by atoms with Gasteiger partial charge in [0.05, 0.1) is 5.69 Å². The van der Waals surface area contributed by atoms with Gasteiger partial charge in [0.25, 0.3) is 0 Å². The number of ether oxygens (including phenoxy) is 2. The number of rotatable bonds is 5. The maximum absolute atomic E-state index is 12.1. The second-order valence-corrected chi connectivity index (χ2v) is 5.49. The van der Waals surface area contributed by atoms with Crippen molar-refractivity contribution in [1.82, 2.24) is 5.32 Å². The molecule has 5 nitrogen and oxygen atoms in total. The lowest BCUT2D eigenvalue weighted by Gasteiger charge is -2.21. The summed E-state index contributed by atoms with van der Waals surface area (Å²) in [5.41, 5.74) is 0.773. The van der Waals surface area contributed by atoms with Gasteiger partial charge in [-0.05, 0) is 19.4 Å². The third kappa shape index (κ3) is 4.43. The average molecular weight is 333 g/mol. The number of thioether (sulfide) groups is 1. The van der Waals surface area contributed by atoms with Crippen molar-refractivity contribution in [3.05, 3.63) is 12.1 Å². The van der Waals surface area contributed by atoms with E-state index in [4.69, 9.17) is 9.47 Å². The zero-order valence-corrected chi connectivity index (χ0v) is 14.0. The first-order valence-electron chi connectivity index (χ1n) is 6.58. The molecule has 7 heteroatoms. The lowest BCUT2D eigenvalue weighted by atomic mass is 10.1. The fraction of sp³-hybridized carbons (Fsp3) is 0.500. The molecule has 1 aromatic carbocycles. The molecule has 1 aliphatic heterocycles. The summed E-state index contributed by atoms with van der Waals surface area (Å²) < 4.78 is 11.1. The molecule has 0 radical (unpaired) electrons. The van der Waals surface area contributed by atoms with Gasteiger partial charge in [0.15, 0.2) is 11.5 Å². The number of hydrogen-bond acceptors (Lipinski definition) is 5. The van der Waals surface area contributed by atoms with Crippen molar-refractivity contribution in [3.63, 3.8) is 0 Å². The minimum atomic E-state index is -0.0945. The highest BCUT2D eigenvalue weighted by atomic mass is 35.5. The van der Waals surface area contributed by atoms with Crippen molar-refractivity contribution in [3.8, 4) is 11.5 Å². The van der Waals surface area contributed by atoms with Crippen LogP contribution in [0, 0.1) is 5.92 Å². The molecular weight excluding hydrogens is 312 g/mol. The summed E-state index contributed by atoms with van der Waals surface area (Å²) >= 11 is 1.57. The molecule has 1 aliphatic rings. The molecule has 0 bridgehead atoms. The lowest BCUT2D eigenvalue weighted by molar-refractivity contribution is -0.119. The maximum atomic E-state index is 12.1. The molecule has 0 spiro atoms. The molecule has 1 aromatic rings. The molecule has 1 atom stereocenters. The highest BCUT2D eigenvalue weighted by molar-refractivity contribution is 7.98. The van der Waals surface area contributed by atoms with Crippen molar-refractivity contribution in [2.45, 2.75) is 11.8 Å². The lowest BCUT2D eigenvalue weighted by Crippen LogP contribution is -2.28. The Labute approximate surface area is 135 Å². The van der Waals surface area contributed by atoms with E-state index in [0.29, 0.717) is 25.5 Å². The average Bonchev–Trinajstić information content (AvgIpc) is 2.46. The third-order valence-corrected chi connectivity index (χ3v) is 3.86. The number of carbonyl (C=O) groups is 1. The molecule has 0 aliphatic carbocycles. The number of fused-ring (bicyclic) bond motifs is 1. The quantitative estimate of drug-likeness (QED) is 0.811. The van der Waals surface area contributed by atoms with E-state index in [2.05, 4.69) is 10.6 Å². The summed E-state index contributed by atoms with van der Waals surface area (Å²) in [7, 11) is 1.83. The Balaban J connectivity index is 0.00000220. The predicted octanol–water partition coefficient (Wildman–Crippen LogP) is 2.40. The Hall–Kier alpha value is -1.11. The Morgan fingerprint density at radius 3 is 2.52 bits per heavy atom. The molecule has 0 saturated heterocycles. The van der Waals surface area contributed by atoms with Gasteiger partial charge in [-0.2, -0.15) is 0 Å². The van der Waals surface area contributed by atoms with Crippen molar-refractivity contribution in [1.29, 1.82) is 0 Å². The van der Waals surface area contributed by atoms with Crippen molar-refractivity contribution in [2.75, 3.05) is 38.4 Å². The van der Waals surface area contributed by atoms with E-state index in [-0.39, 0.29) is 24.2 Å². The molecule has 2 rings (SSSR count). The number of hydrogen-bond donors (Lipinski definition) is 2. The second-order valence-electron chi connectivity index (χ2n) is 4.64. The topological polar surface area (TPSA) is 59.6 Å². The molecule has 2 N–H and O–H groups in total. The Morgan fingerprint density at radius 2 is 1.95 bits per heavy atom. The molecule has 0 saturated carbocycles. The maximum Gasteiger partial charge on any atom is 0.228 e. The number of anilines is 1. The van der Waals surface area contributed by atoms with E-state index < -0.39 is 0 Å². The van der Waals surface area contributed by atoms with Gasteiger partial charge < -0.3 is 20.1 Å². The largest absolute Gasteiger partial charge is 0.486 e. The van der Waals surface area contributed by atoms with Gasteiger partial charge >= 0.3 is 0 Å². The van der Waals surface area contributed by atoms with E-state index in [1.54, 1.807) is 11.8 Å². The highest BCUT2D eigenvalue weighted by Gasteiger charge is 2.18. The van der Waals surface area contributed by atoms with Crippen LogP contribution in [-0.4, -0.2) is 39.0 Å². The SMILES string of the molecule is CNCC(C)C(=O)Nc1cc2c(cc1SC)OCCO2.Cl. The van der Waals surface area contributed by atoms with Crippen LogP contribution >= 0.6 is 24.2 Å². The zero-order valence-electron chi connectivity index (χ0n) is 12.4. The van der Waals surface area contributed by atoms with Crippen LogP contribution in [0.4, 0.5) is 5.69 Å². The smallest absolute Gasteiger partial charge is 0.228 e. The van der Waals surface area contributed by atoms with E-state index in [0.717, 1.165) is 16.3 Å². The Morgan fingerprint density at radius 1 is 1.33 bits per heavy atom. The van der Waals surface area contributed by atoms with Crippen LogP contribution in [0.5, 0.6) is 11.5 Å². The molecule has 21 heavy (non-hydrogen) atoms. The molecule has 0 aromatic heterocycles. The van der Waals surface area contributed by atoms with Crippen LogP contribution in [0.2, 0.25) is 0 Å². The molecule has 1 unspecified atom stereocenters. The van der Waals surface area contributed by atoms with E-state index in [1.807, 2.05) is 32.4 Å². The minimum Gasteiger partial charge on any atom is -0.486 e.